The smallest absolute Gasteiger partial charge is 0.224 e. The summed E-state index contributed by atoms with van der Waals surface area (Å²) in [5.41, 5.74) is 3.17. The van der Waals surface area contributed by atoms with E-state index in [1.165, 1.54) is 11.9 Å². The topological polar surface area (TPSA) is 54.9 Å². The molecule has 0 fully saturated rings. The number of aromatic nitrogens is 2. The molecule has 21 heavy (non-hydrogen) atoms. The van der Waals surface area contributed by atoms with Gasteiger partial charge < -0.3 is 5.32 Å². The minimum atomic E-state index is 0.00219. The molecule has 0 unspecified atom stereocenters. The van der Waals surface area contributed by atoms with E-state index in [0.717, 1.165) is 11.3 Å². The summed E-state index contributed by atoms with van der Waals surface area (Å²) in [5.74, 6) is 0.00219. The zero-order chi connectivity index (χ0) is 15.3. The third-order valence-electron chi connectivity index (χ3n) is 3.29. The van der Waals surface area contributed by atoms with Crippen LogP contribution in [0, 0.1) is 0 Å². The Morgan fingerprint density at radius 1 is 1.10 bits per heavy atom. The van der Waals surface area contributed by atoms with Crippen LogP contribution in [0.5, 0.6) is 0 Å². The van der Waals surface area contributed by atoms with Crippen LogP contribution in [0.1, 0.15) is 38.3 Å². The van der Waals surface area contributed by atoms with E-state index in [9.17, 15) is 4.79 Å². The number of benzene rings is 1. The summed E-state index contributed by atoms with van der Waals surface area (Å²) in [7, 11) is 0. The first kappa shape index (κ1) is 15.2. The summed E-state index contributed by atoms with van der Waals surface area (Å²) in [6.45, 7) is 6.51. The lowest BCUT2D eigenvalue weighted by Gasteiger charge is -2.19. The normalized spacial score (nSPS) is 11.2. The number of carbonyl (C=O) groups is 1. The second kappa shape index (κ2) is 6.48. The van der Waals surface area contributed by atoms with Gasteiger partial charge in [-0.3, -0.25) is 4.79 Å². The number of hydrogen-bond acceptors (Lipinski definition) is 3. The predicted molar refractivity (Wildman–Crippen MR) is 84.1 cm³/mol. The SMILES string of the molecule is CC(C)(C)c1ccc(NC(=O)CCc2cncnc2)cc1. The number of hydrogen-bond donors (Lipinski definition) is 1. The molecular formula is C17H21N3O. The lowest BCUT2D eigenvalue weighted by atomic mass is 9.87. The maximum absolute atomic E-state index is 11.9. The standard InChI is InChI=1S/C17H21N3O/c1-17(2,3)14-5-7-15(8-6-14)20-16(21)9-4-13-10-18-12-19-11-13/h5-8,10-12H,4,9H2,1-3H3,(H,20,21). The molecule has 110 valence electrons. The zero-order valence-electron chi connectivity index (χ0n) is 12.8. The fraction of sp³-hybridized carbons (Fsp3) is 0.353. The highest BCUT2D eigenvalue weighted by Gasteiger charge is 2.13. The molecule has 1 aromatic heterocycles. The number of amides is 1. The van der Waals surface area contributed by atoms with Gasteiger partial charge in [-0.1, -0.05) is 32.9 Å². The van der Waals surface area contributed by atoms with Gasteiger partial charge in [-0.05, 0) is 35.1 Å². The first-order chi connectivity index (χ1) is 9.95. The van der Waals surface area contributed by atoms with E-state index in [-0.39, 0.29) is 11.3 Å². The van der Waals surface area contributed by atoms with E-state index >= 15 is 0 Å². The van der Waals surface area contributed by atoms with Crippen molar-refractivity contribution in [2.75, 3.05) is 5.32 Å². The van der Waals surface area contributed by atoms with Crippen LogP contribution in [0.15, 0.2) is 43.0 Å². The molecule has 0 radical (unpaired) electrons. The van der Waals surface area contributed by atoms with Crippen LogP contribution in [0.25, 0.3) is 0 Å². The highest BCUT2D eigenvalue weighted by Crippen LogP contribution is 2.23. The molecule has 0 saturated carbocycles. The number of aryl methyl sites for hydroxylation is 1. The van der Waals surface area contributed by atoms with Crippen LogP contribution in [-0.4, -0.2) is 15.9 Å². The van der Waals surface area contributed by atoms with E-state index in [4.69, 9.17) is 0 Å². The molecule has 1 N–H and O–H groups in total. The van der Waals surface area contributed by atoms with Crippen LogP contribution < -0.4 is 5.32 Å². The molecule has 0 aliphatic rings. The van der Waals surface area contributed by atoms with Crippen molar-refractivity contribution in [3.05, 3.63) is 54.1 Å². The minimum Gasteiger partial charge on any atom is -0.326 e. The fourth-order valence-electron chi connectivity index (χ4n) is 1.99. The molecule has 1 amide bonds. The fourth-order valence-corrected chi connectivity index (χ4v) is 1.99. The van der Waals surface area contributed by atoms with E-state index in [2.05, 4.69) is 48.2 Å². The summed E-state index contributed by atoms with van der Waals surface area (Å²) < 4.78 is 0. The van der Waals surface area contributed by atoms with Gasteiger partial charge in [0.15, 0.2) is 0 Å². The minimum absolute atomic E-state index is 0.00219. The van der Waals surface area contributed by atoms with Gasteiger partial charge in [0, 0.05) is 24.5 Å². The van der Waals surface area contributed by atoms with Gasteiger partial charge in [0.1, 0.15) is 6.33 Å². The lowest BCUT2D eigenvalue weighted by molar-refractivity contribution is -0.116. The summed E-state index contributed by atoms with van der Waals surface area (Å²) >= 11 is 0. The average Bonchev–Trinajstić information content (AvgIpc) is 2.46. The molecule has 0 atom stereocenters. The molecule has 0 aliphatic carbocycles. The summed E-state index contributed by atoms with van der Waals surface area (Å²) in [6, 6.07) is 8.01. The Hall–Kier alpha value is -2.23. The lowest BCUT2D eigenvalue weighted by Crippen LogP contribution is -2.14. The van der Waals surface area contributed by atoms with Crippen LogP contribution in [0.3, 0.4) is 0 Å². The van der Waals surface area contributed by atoms with Crippen LogP contribution >= 0.6 is 0 Å². The molecule has 4 heteroatoms. The highest BCUT2D eigenvalue weighted by molar-refractivity contribution is 5.90. The van der Waals surface area contributed by atoms with E-state index in [0.29, 0.717) is 12.8 Å². The number of nitrogens with zero attached hydrogens (tertiary/aromatic N) is 2. The summed E-state index contributed by atoms with van der Waals surface area (Å²) in [4.78, 5) is 19.8. The predicted octanol–water partition coefficient (Wildman–Crippen LogP) is 3.35. The average molecular weight is 283 g/mol. The summed E-state index contributed by atoms with van der Waals surface area (Å²) in [6.07, 6.45) is 6.03. The highest BCUT2D eigenvalue weighted by atomic mass is 16.1. The second-order valence-electron chi connectivity index (χ2n) is 6.12. The van der Waals surface area contributed by atoms with Gasteiger partial charge >= 0.3 is 0 Å². The molecule has 0 saturated heterocycles. The Labute approximate surface area is 125 Å². The number of rotatable bonds is 4. The van der Waals surface area contributed by atoms with Crippen molar-refractivity contribution in [2.24, 2.45) is 0 Å². The first-order valence-electron chi connectivity index (χ1n) is 7.09. The molecule has 0 spiro atoms. The van der Waals surface area contributed by atoms with Gasteiger partial charge in [0.2, 0.25) is 5.91 Å². The van der Waals surface area contributed by atoms with Crippen LogP contribution in [0.2, 0.25) is 0 Å². The monoisotopic (exact) mass is 283 g/mol. The Balaban J connectivity index is 1.88. The number of carbonyl (C=O) groups excluding carboxylic acids is 1. The van der Waals surface area contributed by atoms with Crippen molar-refractivity contribution in [2.45, 2.75) is 39.0 Å². The van der Waals surface area contributed by atoms with Crippen LogP contribution in [0.4, 0.5) is 5.69 Å². The maximum Gasteiger partial charge on any atom is 0.224 e. The Morgan fingerprint density at radius 3 is 2.29 bits per heavy atom. The summed E-state index contributed by atoms with van der Waals surface area (Å²) in [5, 5.41) is 2.91. The van der Waals surface area contributed by atoms with Gasteiger partial charge in [-0.2, -0.15) is 0 Å². The van der Waals surface area contributed by atoms with Crippen molar-refractivity contribution >= 4 is 11.6 Å². The third kappa shape index (κ3) is 4.67. The van der Waals surface area contributed by atoms with Crippen molar-refractivity contribution in [1.82, 2.24) is 9.97 Å². The molecule has 4 nitrogen and oxygen atoms in total. The first-order valence-corrected chi connectivity index (χ1v) is 7.09. The Bertz CT molecular complexity index is 586. The quantitative estimate of drug-likeness (QED) is 0.936. The van der Waals surface area contributed by atoms with Crippen molar-refractivity contribution in [3.63, 3.8) is 0 Å². The van der Waals surface area contributed by atoms with Crippen molar-refractivity contribution in [3.8, 4) is 0 Å². The van der Waals surface area contributed by atoms with Gasteiger partial charge in [0.25, 0.3) is 0 Å². The molecule has 1 aromatic carbocycles. The molecule has 0 bridgehead atoms. The zero-order valence-corrected chi connectivity index (χ0v) is 12.8. The second-order valence-corrected chi connectivity index (χ2v) is 6.12. The van der Waals surface area contributed by atoms with Crippen molar-refractivity contribution < 1.29 is 4.79 Å². The number of anilines is 1. The Morgan fingerprint density at radius 2 is 1.71 bits per heavy atom. The van der Waals surface area contributed by atoms with Gasteiger partial charge in [-0.25, -0.2) is 9.97 Å². The maximum atomic E-state index is 11.9. The van der Waals surface area contributed by atoms with Crippen molar-refractivity contribution in [1.29, 1.82) is 0 Å². The van der Waals surface area contributed by atoms with Gasteiger partial charge in [0.05, 0.1) is 0 Å². The molecule has 0 aliphatic heterocycles. The molecule has 1 heterocycles. The molecule has 2 rings (SSSR count). The van der Waals surface area contributed by atoms with E-state index in [1.807, 2.05) is 12.1 Å². The molecular weight excluding hydrogens is 262 g/mol. The third-order valence-corrected chi connectivity index (χ3v) is 3.29. The molecule has 2 aromatic rings. The van der Waals surface area contributed by atoms with E-state index in [1.54, 1.807) is 12.4 Å². The Kier molecular flexibility index (Phi) is 4.68. The number of nitrogens with one attached hydrogen (secondary N) is 1. The largest absolute Gasteiger partial charge is 0.326 e. The van der Waals surface area contributed by atoms with E-state index < -0.39 is 0 Å². The van der Waals surface area contributed by atoms with Crippen LogP contribution in [-0.2, 0) is 16.6 Å². The van der Waals surface area contributed by atoms with Gasteiger partial charge in [-0.15, -0.1) is 0 Å².